The molecule has 0 spiro atoms. The van der Waals surface area contributed by atoms with Gasteiger partial charge in [0.15, 0.2) is 0 Å². The minimum absolute atomic E-state index is 0.000687. The molecule has 0 radical (unpaired) electrons. The molecule has 17 heteroatoms. The van der Waals surface area contributed by atoms with E-state index in [-0.39, 0.29) is 51.9 Å². The van der Waals surface area contributed by atoms with Crippen LogP contribution in [0.25, 0.3) is 0 Å². The third-order valence-electron chi connectivity index (χ3n) is 7.18. The fourth-order valence-corrected chi connectivity index (χ4v) is 4.61. The molecule has 0 aromatic heterocycles. The molecule has 1 fully saturated rings. The van der Waals surface area contributed by atoms with E-state index in [0.717, 1.165) is 4.90 Å². The first kappa shape index (κ1) is 42.1. The molecular weight excluding hydrogens is 664 g/mol. The van der Waals surface area contributed by atoms with Crippen LogP contribution < -0.4 is 21.3 Å². The maximum absolute atomic E-state index is 13.6. The summed E-state index contributed by atoms with van der Waals surface area (Å²) in [6.07, 6.45) is -2.13. The number of rotatable bonds is 18. The van der Waals surface area contributed by atoms with E-state index in [1.807, 2.05) is 0 Å². The second kappa shape index (κ2) is 19.9. The zero-order valence-electron chi connectivity index (χ0n) is 29.5. The van der Waals surface area contributed by atoms with Crippen LogP contribution in [0.1, 0.15) is 59.9 Å². The van der Waals surface area contributed by atoms with Gasteiger partial charge in [0.25, 0.3) is 5.92 Å². The summed E-state index contributed by atoms with van der Waals surface area (Å²) in [6.45, 7) is 9.78. The third-order valence-corrected chi connectivity index (χ3v) is 7.18. The summed E-state index contributed by atoms with van der Waals surface area (Å²) in [7, 11) is 0. The summed E-state index contributed by atoms with van der Waals surface area (Å²) in [6, 6.07) is 3.36. The zero-order valence-corrected chi connectivity index (χ0v) is 29.5. The van der Waals surface area contributed by atoms with E-state index < -0.39 is 79.1 Å². The van der Waals surface area contributed by atoms with E-state index in [2.05, 4.69) is 21.3 Å². The normalized spacial score (nSPS) is 16.7. The molecule has 3 atom stereocenters. The number of amides is 5. The number of hydrogen-bond acceptors (Lipinski definition) is 10. The number of alkyl carbamates (subject to hydrolysis) is 1. The largest absolute Gasteiger partial charge is 0.445 e. The first-order valence-electron chi connectivity index (χ1n) is 16.4. The van der Waals surface area contributed by atoms with Gasteiger partial charge in [0, 0.05) is 25.1 Å². The highest BCUT2D eigenvalue weighted by molar-refractivity contribution is 5.98. The fourth-order valence-electron chi connectivity index (χ4n) is 4.61. The molecule has 282 valence electrons. The Hall–Kier alpha value is -4.09. The number of aliphatic hydroxyl groups excluding tert-OH is 1. The molecule has 0 saturated carbocycles. The van der Waals surface area contributed by atoms with Crippen LogP contribution in [-0.4, -0.2) is 116 Å². The number of carbonyl (C=O) groups is 5. The number of halogens is 2. The van der Waals surface area contributed by atoms with Crippen LogP contribution in [0, 0.1) is 5.92 Å². The Bertz CT molecular complexity index is 1280. The van der Waals surface area contributed by atoms with Crippen LogP contribution >= 0.6 is 0 Å². The molecule has 15 nitrogen and oxygen atoms in total. The molecule has 1 saturated heterocycles. The lowest BCUT2D eigenvalue weighted by Crippen LogP contribution is -2.53. The standard InChI is InChI=1S/C33H51F2N5O10/c1-21(2)27(39-26(42)11-13-47-15-16-48-14-12-36-30(45)50-32(4,5)6)29(44)37-22(3)28(43)38-24-9-7-23(8-10-24)19-49-31(46)40-20-33(34,35)17-25(40)18-41/h7-10,21-22,25,27,41H,11-20H2,1-6H3,(H,36,45)(H,37,44)(H,38,43)(H,39,42)/t22-,25-,27-/m0/s1. The maximum Gasteiger partial charge on any atom is 0.410 e. The lowest BCUT2D eigenvalue weighted by atomic mass is 10.0. The van der Waals surface area contributed by atoms with Gasteiger partial charge in [-0.25, -0.2) is 18.4 Å². The van der Waals surface area contributed by atoms with Gasteiger partial charge >= 0.3 is 12.2 Å². The Morgan fingerprint density at radius 1 is 0.960 bits per heavy atom. The molecule has 1 aliphatic heterocycles. The zero-order chi connectivity index (χ0) is 37.5. The molecule has 2 rings (SSSR count). The molecule has 1 aliphatic rings. The van der Waals surface area contributed by atoms with Gasteiger partial charge in [0.05, 0.1) is 45.6 Å². The number of ether oxygens (including phenoxy) is 4. The Balaban J connectivity index is 1.68. The number of nitrogens with one attached hydrogen (secondary N) is 4. The highest BCUT2D eigenvalue weighted by Gasteiger charge is 2.47. The second-order valence-electron chi connectivity index (χ2n) is 13.2. The SMILES string of the molecule is CC(C)[C@H](NC(=O)CCOCCOCCNC(=O)OC(C)(C)C)C(=O)N[C@@H](C)C(=O)Nc1ccc(COC(=O)N2CC(F)(F)C[C@H]2CO)cc1. The van der Waals surface area contributed by atoms with Crippen LogP contribution in [0.4, 0.5) is 24.1 Å². The van der Waals surface area contributed by atoms with Crippen molar-refractivity contribution in [1.29, 1.82) is 0 Å². The Morgan fingerprint density at radius 3 is 2.20 bits per heavy atom. The summed E-state index contributed by atoms with van der Waals surface area (Å²) in [5.74, 6) is -4.84. The molecule has 0 bridgehead atoms. The van der Waals surface area contributed by atoms with E-state index in [4.69, 9.17) is 18.9 Å². The predicted octanol–water partition coefficient (Wildman–Crippen LogP) is 2.56. The van der Waals surface area contributed by atoms with Gasteiger partial charge in [-0.2, -0.15) is 0 Å². The third kappa shape index (κ3) is 15.6. The highest BCUT2D eigenvalue weighted by Crippen LogP contribution is 2.32. The van der Waals surface area contributed by atoms with Crippen molar-refractivity contribution >= 4 is 35.6 Å². The molecule has 0 unspecified atom stereocenters. The summed E-state index contributed by atoms with van der Waals surface area (Å²) in [5, 5.41) is 19.8. The topological polar surface area (TPSA) is 194 Å². The van der Waals surface area contributed by atoms with Crippen molar-refractivity contribution in [3.63, 3.8) is 0 Å². The lowest BCUT2D eigenvalue weighted by Gasteiger charge is -2.24. The van der Waals surface area contributed by atoms with Crippen LogP contribution in [-0.2, 0) is 39.9 Å². The molecule has 0 aliphatic carbocycles. The van der Waals surface area contributed by atoms with Crippen molar-refractivity contribution in [2.75, 3.05) is 51.4 Å². The Kier molecular flexibility index (Phi) is 16.8. The van der Waals surface area contributed by atoms with Crippen LogP contribution in [0.2, 0.25) is 0 Å². The van der Waals surface area contributed by atoms with E-state index in [9.17, 15) is 37.9 Å². The minimum atomic E-state index is -3.09. The van der Waals surface area contributed by atoms with Crippen LogP contribution in [0.3, 0.4) is 0 Å². The van der Waals surface area contributed by atoms with Crippen molar-refractivity contribution < 1.29 is 56.8 Å². The van der Waals surface area contributed by atoms with Crippen molar-refractivity contribution in [3.05, 3.63) is 29.8 Å². The van der Waals surface area contributed by atoms with Gasteiger partial charge in [0.1, 0.15) is 24.3 Å². The first-order chi connectivity index (χ1) is 23.4. The maximum atomic E-state index is 13.6. The number of likely N-dealkylation sites (tertiary alicyclic amines) is 1. The quantitative estimate of drug-likeness (QED) is 0.141. The average Bonchev–Trinajstić information content (AvgIpc) is 3.35. The van der Waals surface area contributed by atoms with Crippen molar-refractivity contribution in [3.8, 4) is 0 Å². The predicted molar refractivity (Wildman–Crippen MR) is 177 cm³/mol. The molecule has 1 aromatic rings. The highest BCUT2D eigenvalue weighted by atomic mass is 19.3. The first-order valence-corrected chi connectivity index (χ1v) is 16.4. The lowest BCUT2D eigenvalue weighted by molar-refractivity contribution is -0.132. The van der Waals surface area contributed by atoms with E-state index in [1.165, 1.54) is 6.92 Å². The Morgan fingerprint density at radius 2 is 1.60 bits per heavy atom. The van der Waals surface area contributed by atoms with Crippen molar-refractivity contribution in [2.45, 2.75) is 90.6 Å². The molecule has 50 heavy (non-hydrogen) atoms. The van der Waals surface area contributed by atoms with Gasteiger partial charge in [-0.15, -0.1) is 0 Å². The number of alkyl halides is 2. The second-order valence-corrected chi connectivity index (χ2v) is 13.2. The van der Waals surface area contributed by atoms with E-state index in [1.54, 1.807) is 58.9 Å². The number of carbonyl (C=O) groups excluding carboxylic acids is 5. The monoisotopic (exact) mass is 715 g/mol. The number of nitrogens with zero attached hydrogens (tertiary/aromatic N) is 1. The van der Waals surface area contributed by atoms with Gasteiger partial charge < -0.3 is 45.3 Å². The molecule has 5 N–H and O–H groups in total. The van der Waals surface area contributed by atoms with Crippen molar-refractivity contribution in [2.24, 2.45) is 5.92 Å². The number of anilines is 1. The van der Waals surface area contributed by atoms with Gasteiger partial charge in [0.2, 0.25) is 17.7 Å². The fraction of sp³-hybridized carbons (Fsp3) is 0.667. The van der Waals surface area contributed by atoms with Crippen LogP contribution in [0.5, 0.6) is 0 Å². The van der Waals surface area contributed by atoms with E-state index >= 15 is 0 Å². The number of hydrogen-bond donors (Lipinski definition) is 5. The van der Waals surface area contributed by atoms with E-state index in [0.29, 0.717) is 11.3 Å². The summed E-state index contributed by atoms with van der Waals surface area (Å²) in [5.41, 5.74) is 0.336. The summed E-state index contributed by atoms with van der Waals surface area (Å²) < 4.78 is 48.3. The van der Waals surface area contributed by atoms with Crippen molar-refractivity contribution in [1.82, 2.24) is 20.9 Å². The average molecular weight is 716 g/mol. The van der Waals surface area contributed by atoms with Gasteiger partial charge in [-0.05, 0) is 51.3 Å². The molecule has 5 amide bonds. The van der Waals surface area contributed by atoms with Gasteiger partial charge in [-0.3, -0.25) is 19.3 Å². The minimum Gasteiger partial charge on any atom is -0.445 e. The Labute approximate surface area is 291 Å². The number of benzene rings is 1. The molecule has 1 heterocycles. The molecule has 1 aromatic carbocycles. The van der Waals surface area contributed by atoms with Crippen LogP contribution in [0.15, 0.2) is 24.3 Å². The smallest absolute Gasteiger partial charge is 0.410 e. The summed E-state index contributed by atoms with van der Waals surface area (Å²) >= 11 is 0. The van der Waals surface area contributed by atoms with Gasteiger partial charge in [-0.1, -0.05) is 26.0 Å². The number of aliphatic hydroxyl groups is 1. The molecular formula is C33H51F2N5O10. The summed E-state index contributed by atoms with van der Waals surface area (Å²) in [4.78, 5) is 62.9.